The monoisotopic (exact) mass is 248 g/mol. The van der Waals surface area contributed by atoms with E-state index in [1.165, 1.54) is 0 Å². The van der Waals surface area contributed by atoms with Crippen LogP contribution in [0.15, 0.2) is 30.3 Å². The van der Waals surface area contributed by atoms with Gasteiger partial charge in [0, 0.05) is 22.1 Å². The summed E-state index contributed by atoms with van der Waals surface area (Å²) in [6.07, 6.45) is 0. The van der Waals surface area contributed by atoms with Crippen LogP contribution in [0.5, 0.6) is 0 Å². The first-order valence-electron chi connectivity index (χ1n) is 5.29. The van der Waals surface area contributed by atoms with Crippen LogP contribution >= 0.6 is 11.6 Å². The minimum absolute atomic E-state index is 0.117. The average Bonchev–Trinajstić information content (AvgIpc) is 2.61. The van der Waals surface area contributed by atoms with Crippen LogP contribution in [0.3, 0.4) is 0 Å². The van der Waals surface area contributed by atoms with Crippen LogP contribution in [0.2, 0.25) is 5.02 Å². The van der Waals surface area contributed by atoms with Crippen LogP contribution in [0.25, 0.3) is 0 Å². The fraction of sp³-hybridized carbons (Fsp3) is 0.154. The first kappa shape index (κ1) is 11.7. The SMILES string of the molecule is Cc1cc(C(=O)Nc2ccc(Cl)cc2)c(C)[nH]1. The molecule has 1 heterocycles. The Bertz CT molecular complexity index is 543. The Hall–Kier alpha value is -1.74. The van der Waals surface area contributed by atoms with Gasteiger partial charge in [0.2, 0.25) is 0 Å². The zero-order valence-electron chi connectivity index (χ0n) is 9.67. The molecule has 0 aliphatic rings. The Labute approximate surface area is 105 Å². The van der Waals surface area contributed by atoms with E-state index in [4.69, 9.17) is 11.6 Å². The van der Waals surface area contributed by atoms with Crippen molar-refractivity contribution in [3.63, 3.8) is 0 Å². The van der Waals surface area contributed by atoms with Gasteiger partial charge in [-0.15, -0.1) is 0 Å². The van der Waals surface area contributed by atoms with Gasteiger partial charge < -0.3 is 10.3 Å². The lowest BCUT2D eigenvalue weighted by Crippen LogP contribution is -2.12. The highest BCUT2D eigenvalue weighted by Crippen LogP contribution is 2.16. The molecule has 0 aliphatic carbocycles. The summed E-state index contributed by atoms with van der Waals surface area (Å²) in [5, 5.41) is 3.47. The third kappa shape index (κ3) is 2.68. The molecule has 1 aromatic carbocycles. The van der Waals surface area contributed by atoms with Gasteiger partial charge in [0.15, 0.2) is 0 Å². The molecule has 0 saturated heterocycles. The van der Waals surface area contributed by atoms with Gasteiger partial charge in [-0.05, 0) is 44.2 Å². The highest BCUT2D eigenvalue weighted by Gasteiger charge is 2.11. The van der Waals surface area contributed by atoms with E-state index in [0.29, 0.717) is 10.6 Å². The Kier molecular flexibility index (Phi) is 3.20. The maximum absolute atomic E-state index is 12.0. The van der Waals surface area contributed by atoms with E-state index in [2.05, 4.69) is 10.3 Å². The van der Waals surface area contributed by atoms with E-state index in [9.17, 15) is 4.79 Å². The van der Waals surface area contributed by atoms with Gasteiger partial charge in [-0.2, -0.15) is 0 Å². The molecule has 0 radical (unpaired) electrons. The largest absolute Gasteiger partial charge is 0.362 e. The van der Waals surface area contributed by atoms with Crippen molar-refractivity contribution in [3.05, 3.63) is 52.3 Å². The normalized spacial score (nSPS) is 10.3. The summed E-state index contributed by atoms with van der Waals surface area (Å²) in [5.74, 6) is -0.117. The van der Waals surface area contributed by atoms with E-state index in [0.717, 1.165) is 17.1 Å². The van der Waals surface area contributed by atoms with Crippen molar-refractivity contribution in [3.8, 4) is 0 Å². The third-order valence-corrected chi connectivity index (χ3v) is 2.75. The van der Waals surface area contributed by atoms with Crippen molar-refractivity contribution in [1.29, 1.82) is 0 Å². The molecule has 4 heteroatoms. The Morgan fingerprint density at radius 1 is 1.24 bits per heavy atom. The van der Waals surface area contributed by atoms with Crippen LogP contribution in [0.4, 0.5) is 5.69 Å². The van der Waals surface area contributed by atoms with Crippen molar-refractivity contribution in [2.75, 3.05) is 5.32 Å². The lowest BCUT2D eigenvalue weighted by Gasteiger charge is -2.04. The molecule has 88 valence electrons. The van der Waals surface area contributed by atoms with Crippen LogP contribution in [0.1, 0.15) is 21.7 Å². The summed E-state index contributed by atoms with van der Waals surface area (Å²) in [7, 11) is 0. The molecule has 0 fully saturated rings. The van der Waals surface area contributed by atoms with Gasteiger partial charge in [0.1, 0.15) is 0 Å². The highest BCUT2D eigenvalue weighted by atomic mass is 35.5. The van der Waals surface area contributed by atoms with E-state index >= 15 is 0 Å². The van der Waals surface area contributed by atoms with Crippen LogP contribution < -0.4 is 5.32 Å². The molecule has 0 spiro atoms. The Balaban J connectivity index is 2.17. The van der Waals surface area contributed by atoms with Gasteiger partial charge in [-0.25, -0.2) is 0 Å². The molecule has 2 aromatic rings. The maximum Gasteiger partial charge on any atom is 0.257 e. The quantitative estimate of drug-likeness (QED) is 0.839. The summed E-state index contributed by atoms with van der Waals surface area (Å²) in [6, 6.07) is 8.86. The first-order valence-corrected chi connectivity index (χ1v) is 5.67. The maximum atomic E-state index is 12.0. The molecule has 3 nitrogen and oxygen atoms in total. The number of amides is 1. The van der Waals surface area contributed by atoms with Crippen molar-refractivity contribution < 1.29 is 4.79 Å². The molecule has 0 unspecified atom stereocenters. The molecule has 1 aromatic heterocycles. The number of rotatable bonds is 2. The van der Waals surface area contributed by atoms with Crippen molar-refractivity contribution in [2.45, 2.75) is 13.8 Å². The molecule has 2 rings (SSSR count). The molecule has 0 aliphatic heterocycles. The van der Waals surface area contributed by atoms with Gasteiger partial charge in [-0.1, -0.05) is 11.6 Å². The zero-order valence-corrected chi connectivity index (χ0v) is 10.4. The third-order valence-electron chi connectivity index (χ3n) is 2.50. The van der Waals surface area contributed by atoms with Crippen LogP contribution in [-0.4, -0.2) is 10.9 Å². The number of hydrogen-bond donors (Lipinski definition) is 2. The molecular formula is C13H13ClN2O. The fourth-order valence-electron chi connectivity index (χ4n) is 1.69. The second-order valence-electron chi connectivity index (χ2n) is 3.95. The van der Waals surface area contributed by atoms with E-state index in [1.807, 2.05) is 19.9 Å². The topological polar surface area (TPSA) is 44.9 Å². The highest BCUT2D eigenvalue weighted by molar-refractivity contribution is 6.30. The molecule has 0 bridgehead atoms. The second-order valence-corrected chi connectivity index (χ2v) is 4.39. The minimum atomic E-state index is -0.117. The van der Waals surface area contributed by atoms with E-state index < -0.39 is 0 Å². The predicted molar refractivity (Wildman–Crippen MR) is 69.7 cm³/mol. The molecule has 0 saturated carbocycles. The summed E-state index contributed by atoms with van der Waals surface area (Å²) in [4.78, 5) is 15.1. The first-order chi connectivity index (χ1) is 8.06. The number of aromatic nitrogens is 1. The molecule has 2 N–H and O–H groups in total. The lowest BCUT2D eigenvalue weighted by atomic mass is 10.2. The van der Waals surface area contributed by atoms with Gasteiger partial charge in [0.25, 0.3) is 5.91 Å². The van der Waals surface area contributed by atoms with Crippen molar-refractivity contribution in [2.24, 2.45) is 0 Å². The number of benzene rings is 1. The second kappa shape index (κ2) is 4.63. The number of aromatic amines is 1. The van der Waals surface area contributed by atoms with Gasteiger partial charge in [0.05, 0.1) is 5.56 Å². The summed E-state index contributed by atoms with van der Waals surface area (Å²) in [6.45, 7) is 3.80. The summed E-state index contributed by atoms with van der Waals surface area (Å²) >= 11 is 5.78. The summed E-state index contributed by atoms with van der Waals surface area (Å²) < 4.78 is 0. The number of aryl methyl sites for hydroxylation is 2. The standard InChI is InChI=1S/C13H13ClN2O/c1-8-7-12(9(2)15-8)13(17)16-11-5-3-10(14)4-6-11/h3-7,15H,1-2H3,(H,16,17). The number of nitrogens with one attached hydrogen (secondary N) is 2. The number of H-pyrrole nitrogens is 1. The van der Waals surface area contributed by atoms with E-state index in [-0.39, 0.29) is 5.91 Å². The smallest absolute Gasteiger partial charge is 0.257 e. The van der Waals surface area contributed by atoms with Gasteiger partial charge >= 0.3 is 0 Å². The molecule has 0 atom stereocenters. The summed E-state index contributed by atoms with van der Waals surface area (Å²) in [5.41, 5.74) is 3.24. The number of carbonyl (C=O) groups excluding carboxylic acids is 1. The average molecular weight is 249 g/mol. The Morgan fingerprint density at radius 2 is 1.88 bits per heavy atom. The zero-order chi connectivity index (χ0) is 12.4. The van der Waals surface area contributed by atoms with E-state index in [1.54, 1.807) is 24.3 Å². The van der Waals surface area contributed by atoms with Crippen LogP contribution in [0, 0.1) is 13.8 Å². The molecular weight excluding hydrogens is 236 g/mol. The number of hydrogen-bond acceptors (Lipinski definition) is 1. The number of anilines is 1. The predicted octanol–water partition coefficient (Wildman–Crippen LogP) is 3.54. The molecule has 1 amide bonds. The number of carbonyl (C=O) groups is 1. The number of halogens is 1. The van der Waals surface area contributed by atoms with Gasteiger partial charge in [-0.3, -0.25) is 4.79 Å². The lowest BCUT2D eigenvalue weighted by molar-refractivity contribution is 0.102. The molecule has 17 heavy (non-hydrogen) atoms. The van der Waals surface area contributed by atoms with Crippen molar-refractivity contribution in [1.82, 2.24) is 4.98 Å². The fourth-order valence-corrected chi connectivity index (χ4v) is 1.82. The van der Waals surface area contributed by atoms with Crippen LogP contribution in [-0.2, 0) is 0 Å². The van der Waals surface area contributed by atoms with Crippen molar-refractivity contribution >= 4 is 23.2 Å². The minimum Gasteiger partial charge on any atom is -0.362 e. The Morgan fingerprint density at radius 3 is 2.41 bits per heavy atom.